The number of hydrogen-bond donors (Lipinski definition) is 0. The fraction of sp³-hybridized carbons (Fsp3) is 0.743. The molecule has 0 unspecified atom stereocenters. The van der Waals surface area contributed by atoms with Gasteiger partial charge in [0.05, 0.1) is 14.2 Å². The van der Waals surface area contributed by atoms with E-state index in [-0.39, 0.29) is 35.7 Å². The van der Waals surface area contributed by atoms with Gasteiger partial charge in [-0.2, -0.15) is 0 Å². The molecule has 44 heavy (non-hydrogen) atoms. The van der Waals surface area contributed by atoms with Crippen LogP contribution in [-0.4, -0.2) is 64.0 Å². The van der Waals surface area contributed by atoms with Gasteiger partial charge in [-0.15, -0.1) is 6.58 Å². The van der Waals surface area contributed by atoms with E-state index in [0.29, 0.717) is 31.1 Å². The maximum Gasteiger partial charge on any atom is 0.508 e. The molecule has 0 amide bonds. The van der Waals surface area contributed by atoms with Crippen LogP contribution < -0.4 is 0 Å². The van der Waals surface area contributed by atoms with Crippen molar-refractivity contribution in [2.24, 2.45) is 40.4 Å². The molecule has 4 aliphatic rings. The molecule has 0 aromatic carbocycles. The predicted molar refractivity (Wildman–Crippen MR) is 165 cm³/mol. The molecule has 0 radical (unpaired) electrons. The third-order valence-electron chi connectivity index (χ3n) is 11.7. The van der Waals surface area contributed by atoms with Crippen molar-refractivity contribution in [3.63, 3.8) is 0 Å². The molecule has 4 aliphatic carbocycles. The lowest BCUT2D eigenvalue weighted by molar-refractivity contribution is -0.156. The second kappa shape index (κ2) is 13.4. The summed E-state index contributed by atoms with van der Waals surface area (Å²) in [6, 6.07) is 0. The van der Waals surface area contributed by atoms with Gasteiger partial charge in [0.15, 0.2) is 5.78 Å². The number of carbonyl (C=O) groups is 3. The van der Waals surface area contributed by atoms with E-state index >= 15 is 0 Å². The summed E-state index contributed by atoms with van der Waals surface area (Å²) in [5.41, 5.74) is 1.25. The lowest BCUT2D eigenvalue weighted by Gasteiger charge is -2.57. The Labute approximate surface area is 262 Å². The molecule has 9 atom stereocenters. The minimum Gasteiger partial charge on any atom is -0.438 e. The van der Waals surface area contributed by atoms with Gasteiger partial charge in [0.25, 0.3) is 0 Å². The number of fused-ring (bicyclic) bond motifs is 5. The fourth-order valence-electron chi connectivity index (χ4n) is 9.05. The van der Waals surface area contributed by atoms with Crippen molar-refractivity contribution < 1.29 is 42.8 Å². The zero-order chi connectivity index (χ0) is 32.4. The molecule has 246 valence electrons. The lowest BCUT2D eigenvalue weighted by atomic mass is 9.49. The Balaban J connectivity index is 1.58. The topological polar surface area (TPSA) is 107 Å². The van der Waals surface area contributed by atoms with Crippen LogP contribution in [0.2, 0.25) is 0 Å². The maximum absolute atomic E-state index is 13.3. The monoisotopic (exact) mass is 616 g/mol. The highest BCUT2D eigenvalue weighted by Crippen LogP contribution is 2.66. The Morgan fingerprint density at radius 1 is 1.02 bits per heavy atom. The fourth-order valence-corrected chi connectivity index (χ4v) is 9.05. The summed E-state index contributed by atoms with van der Waals surface area (Å²) < 4.78 is 31.8. The SMILES string of the molecule is C=C[C@H](CC(=O)C(C)(C)OCOC)[C@@H](C)[C@H]1CC[C@H]2C3=CC=C4C[C@@H](OC(=O)OC)C[C@H](OC(=O)OC)[C@]4(C)[C@H]3CC[C@]12C. The first-order valence-electron chi connectivity index (χ1n) is 16.0. The molecule has 0 bridgehead atoms. The molecule has 3 saturated carbocycles. The van der Waals surface area contributed by atoms with Crippen molar-refractivity contribution in [2.45, 2.75) is 97.4 Å². The summed E-state index contributed by atoms with van der Waals surface area (Å²) in [7, 11) is 4.15. The third-order valence-corrected chi connectivity index (χ3v) is 11.7. The highest BCUT2D eigenvalue weighted by atomic mass is 16.7. The first kappa shape index (κ1) is 34.2. The van der Waals surface area contributed by atoms with Gasteiger partial charge >= 0.3 is 12.3 Å². The molecule has 4 rings (SSSR count). The zero-order valence-corrected chi connectivity index (χ0v) is 27.8. The Morgan fingerprint density at radius 3 is 2.34 bits per heavy atom. The Kier molecular flexibility index (Phi) is 10.4. The lowest BCUT2D eigenvalue weighted by Crippen LogP contribution is -2.54. The number of ether oxygens (including phenoxy) is 6. The summed E-state index contributed by atoms with van der Waals surface area (Å²) in [6.07, 6.45) is 9.43. The van der Waals surface area contributed by atoms with Gasteiger partial charge in [-0.25, -0.2) is 9.59 Å². The summed E-state index contributed by atoms with van der Waals surface area (Å²) in [5.74, 6) is 1.37. The predicted octanol–water partition coefficient (Wildman–Crippen LogP) is 7.20. The highest BCUT2D eigenvalue weighted by Gasteiger charge is 2.60. The van der Waals surface area contributed by atoms with Crippen molar-refractivity contribution >= 4 is 18.1 Å². The average molecular weight is 617 g/mol. The van der Waals surface area contributed by atoms with Crippen molar-refractivity contribution in [1.29, 1.82) is 0 Å². The molecular weight excluding hydrogens is 564 g/mol. The third kappa shape index (κ3) is 6.23. The van der Waals surface area contributed by atoms with E-state index in [1.165, 1.54) is 19.8 Å². The van der Waals surface area contributed by atoms with E-state index in [4.69, 9.17) is 28.4 Å². The minimum atomic E-state index is -0.923. The van der Waals surface area contributed by atoms with E-state index in [1.807, 2.05) is 6.08 Å². The van der Waals surface area contributed by atoms with Crippen LogP contribution in [-0.2, 0) is 33.2 Å². The maximum atomic E-state index is 13.3. The first-order chi connectivity index (χ1) is 20.8. The Bertz CT molecular complexity index is 1170. The molecule has 0 N–H and O–H groups in total. The molecule has 3 fully saturated rings. The van der Waals surface area contributed by atoms with Gasteiger partial charge in [-0.05, 0) is 74.5 Å². The van der Waals surface area contributed by atoms with E-state index in [0.717, 1.165) is 31.3 Å². The van der Waals surface area contributed by atoms with E-state index in [9.17, 15) is 14.4 Å². The van der Waals surface area contributed by atoms with Crippen LogP contribution in [0.15, 0.2) is 36.0 Å². The van der Waals surface area contributed by atoms with Gasteiger partial charge in [-0.1, -0.05) is 50.1 Å². The molecule has 0 aromatic rings. The summed E-state index contributed by atoms with van der Waals surface area (Å²) in [5, 5.41) is 0. The van der Waals surface area contributed by atoms with Crippen LogP contribution in [0.5, 0.6) is 0 Å². The Morgan fingerprint density at radius 2 is 1.70 bits per heavy atom. The molecule has 0 heterocycles. The number of ketones is 1. The normalized spacial score (nSPS) is 34.1. The number of Topliss-reactive ketones (excluding diaryl/α,β-unsaturated/α-hetero) is 1. The van der Waals surface area contributed by atoms with Gasteiger partial charge in [0.1, 0.15) is 24.6 Å². The van der Waals surface area contributed by atoms with Gasteiger partial charge < -0.3 is 28.4 Å². The molecule has 9 nitrogen and oxygen atoms in total. The van der Waals surface area contributed by atoms with Crippen molar-refractivity contribution in [3.8, 4) is 0 Å². The van der Waals surface area contributed by atoms with E-state index < -0.39 is 35.5 Å². The number of rotatable bonds is 11. The van der Waals surface area contributed by atoms with Crippen LogP contribution >= 0.6 is 0 Å². The standard InChI is InChI=1S/C35H52O9/c1-10-22(17-29(36)33(3,4)42-20-39-7)21(2)26-13-14-27-25-12-11-23-18-24(43-31(37)40-8)19-30(44-32(38)41-9)35(23,6)28(25)15-16-34(26,27)5/h10-12,21-22,24,26-28,30H,1,13-20H2,2-9H3/t21-,22-,24-,26-,27+,28+,30+,34-,35+/m1/s1. The van der Waals surface area contributed by atoms with Crippen molar-refractivity contribution in [3.05, 3.63) is 36.0 Å². The zero-order valence-electron chi connectivity index (χ0n) is 27.8. The van der Waals surface area contributed by atoms with Crippen molar-refractivity contribution in [1.82, 2.24) is 0 Å². The van der Waals surface area contributed by atoms with Crippen LogP contribution in [0.1, 0.15) is 79.6 Å². The number of methoxy groups -OCH3 is 3. The largest absolute Gasteiger partial charge is 0.508 e. The number of hydrogen-bond acceptors (Lipinski definition) is 9. The van der Waals surface area contributed by atoms with E-state index in [1.54, 1.807) is 21.0 Å². The van der Waals surface area contributed by atoms with Crippen LogP contribution in [0.4, 0.5) is 9.59 Å². The molecule has 0 spiro atoms. The Hall–Kier alpha value is -2.65. The average Bonchev–Trinajstić information content (AvgIpc) is 3.35. The number of carbonyl (C=O) groups excluding carboxylic acids is 3. The van der Waals surface area contributed by atoms with Crippen LogP contribution in [0, 0.1) is 40.4 Å². The second-order valence-corrected chi connectivity index (χ2v) is 14.1. The summed E-state index contributed by atoms with van der Waals surface area (Å²) in [4.78, 5) is 37.7. The summed E-state index contributed by atoms with van der Waals surface area (Å²) >= 11 is 0. The highest BCUT2D eigenvalue weighted by molar-refractivity contribution is 5.86. The smallest absolute Gasteiger partial charge is 0.438 e. The second-order valence-electron chi connectivity index (χ2n) is 14.1. The molecule has 0 aliphatic heterocycles. The quantitative estimate of drug-likeness (QED) is 0.135. The number of allylic oxidation sites excluding steroid dienone is 4. The molecule has 0 saturated heterocycles. The molecule has 0 aromatic heterocycles. The van der Waals surface area contributed by atoms with E-state index in [2.05, 4.69) is 39.5 Å². The van der Waals surface area contributed by atoms with Crippen LogP contribution in [0.3, 0.4) is 0 Å². The van der Waals surface area contributed by atoms with Gasteiger partial charge in [-0.3, -0.25) is 4.79 Å². The van der Waals surface area contributed by atoms with Gasteiger partial charge in [0, 0.05) is 31.8 Å². The van der Waals surface area contributed by atoms with Crippen molar-refractivity contribution in [2.75, 3.05) is 28.1 Å². The minimum absolute atomic E-state index is 0.0403. The molecular formula is C35H52O9. The van der Waals surface area contributed by atoms with Gasteiger partial charge in [0.2, 0.25) is 0 Å². The molecule has 9 heteroatoms. The van der Waals surface area contributed by atoms with Crippen LogP contribution in [0.25, 0.3) is 0 Å². The first-order valence-corrected chi connectivity index (χ1v) is 16.0. The summed E-state index contributed by atoms with van der Waals surface area (Å²) in [6.45, 7) is 14.7.